The van der Waals surface area contributed by atoms with Crippen LogP contribution in [0.1, 0.15) is 24.9 Å². The minimum absolute atomic E-state index is 0.159. The highest BCUT2D eigenvalue weighted by Gasteiger charge is 2.33. The molecule has 6 heteroatoms. The highest BCUT2D eigenvalue weighted by Crippen LogP contribution is 2.27. The summed E-state index contributed by atoms with van der Waals surface area (Å²) in [6.45, 7) is 1.45. The zero-order valence-electron chi connectivity index (χ0n) is 10.8. The molecule has 1 atom stereocenters. The van der Waals surface area contributed by atoms with Gasteiger partial charge in [-0.15, -0.1) is 0 Å². The molecule has 0 spiro atoms. The van der Waals surface area contributed by atoms with E-state index in [2.05, 4.69) is 15.9 Å². The molecule has 0 aliphatic carbocycles. The van der Waals surface area contributed by atoms with Gasteiger partial charge >= 0.3 is 6.18 Å². The van der Waals surface area contributed by atoms with Crippen LogP contribution in [0.2, 0.25) is 0 Å². The average Bonchev–Trinajstić information content (AvgIpc) is 2.28. The van der Waals surface area contributed by atoms with Crippen molar-refractivity contribution in [2.24, 2.45) is 5.73 Å². The quantitative estimate of drug-likeness (QED) is 0.856. The predicted molar refractivity (Wildman–Crippen MR) is 73.9 cm³/mol. The maximum absolute atomic E-state index is 12.6. The summed E-state index contributed by atoms with van der Waals surface area (Å²) in [7, 11) is 0. The fraction of sp³-hybridized carbons (Fsp3) is 0.538. The molecule has 0 saturated carbocycles. The third-order valence-electron chi connectivity index (χ3n) is 2.79. The minimum atomic E-state index is -4.21. The van der Waals surface area contributed by atoms with Crippen LogP contribution in [0.25, 0.3) is 0 Å². The number of nitrogens with two attached hydrogens (primary N) is 1. The van der Waals surface area contributed by atoms with Crippen LogP contribution >= 0.6 is 15.9 Å². The van der Waals surface area contributed by atoms with E-state index in [0.717, 1.165) is 10.0 Å². The molecule has 0 saturated heterocycles. The van der Waals surface area contributed by atoms with E-state index in [1.165, 1.54) is 4.90 Å². The molecule has 2 nitrogen and oxygen atoms in total. The van der Waals surface area contributed by atoms with Crippen LogP contribution in [0.5, 0.6) is 0 Å². The fourth-order valence-corrected chi connectivity index (χ4v) is 2.49. The van der Waals surface area contributed by atoms with E-state index in [1.807, 2.05) is 19.1 Å². The number of hydrogen-bond acceptors (Lipinski definition) is 2. The number of hydrogen-bond donors (Lipinski definition) is 1. The van der Waals surface area contributed by atoms with Crippen molar-refractivity contribution in [3.63, 3.8) is 0 Å². The molecule has 0 bridgehead atoms. The summed E-state index contributed by atoms with van der Waals surface area (Å²) in [6, 6.07) is 6.85. The summed E-state index contributed by atoms with van der Waals surface area (Å²) in [5, 5.41) is 0. The summed E-state index contributed by atoms with van der Waals surface area (Å²) in [6.07, 6.45) is -3.56. The lowest BCUT2D eigenvalue weighted by Crippen LogP contribution is -2.40. The summed E-state index contributed by atoms with van der Waals surface area (Å²) in [5.41, 5.74) is 6.48. The molecule has 0 aliphatic heterocycles. The fourth-order valence-electron chi connectivity index (χ4n) is 2.07. The lowest BCUT2D eigenvalue weighted by molar-refractivity contribution is -0.150. The van der Waals surface area contributed by atoms with Crippen LogP contribution in [-0.2, 0) is 0 Å². The Labute approximate surface area is 119 Å². The minimum Gasteiger partial charge on any atom is -0.329 e. The summed E-state index contributed by atoms with van der Waals surface area (Å²) < 4.78 is 38.7. The van der Waals surface area contributed by atoms with E-state index in [1.54, 1.807) is 12.1 Å². The third-order valence-corrected chi connectivity index (χ3v) is 3.28. The van der Waals surface area contributed by atoms with Gasteiger partial charge in [0.05, 0.1) is 6.54 Å². The van der Waals surface area contributed by atoms with Crippen molar-refractivity contribution in [1.82, 2.24) is 4.90 Å². The number of nitrogens with zero attached hydrogens (tertiary/aromatic N) is 1. The zero-order chi connectivity index (χ0) is 14.5. The van der Waals surface area contributed by atoms with Crippen molar-refractivity contribution in [2.45, 2.75) is 25.6 Å². The maximum atomic E-state index is 12.6. The molecule has 0 aliphatic rings. The van der Waals surface area contributed by atoms with Crippen molar-refractivity contribution in [3.05, 3.63) is 34.3 Å². The second-order valence-corrected chi connectivity index (χ2v) is 5.31. The van der Waals surface area contributed by atoms with Crippen molar-refractivity contribution in [1.29, 1.82) is 0 Å². The van der Waals surface area contributed by atoms with Gasteiger partial charge in [0.15, 0.2) is 0 Å². The highest BCUT2D eigenvalue weighted by molar-refractivity contribution is 9.10. The first-order valence-corrected chi connectivity index (χ1v) is 6.93. The Morgan fingerprint density at radius 3 is 2.53 bits per heavy atom. The Kier molecular flexibility index (Phi) is 6.29. The van der Waals surface area contributed by atoms with Gasteiger partial charge in [-0.2, -0.15) is 13.2 Å². The number of rotatable bonds is 6. The predicted octanol–water partition coefficient (Wildman–Crippen LogP) is 3.72. The topological polar surface area (TPSA) is 29.3 Å². The Morgan fingerprint density at radius 1 is 1.37 bits per heavy atom. The van der Waals surface area contributed by atoms with Gasteiger partial charge in [0.25, 0.3) is 0 Å². The molecule has 1 aromatic rings. The summed E-state index contributed by atoms with van der Waals surface area (Å²) in [4.78, 5) is 1.39. The molecule has 108 valence electrons. The monoisotopic (exact) mass is 338 g/mol. The van der Waals surface area contributed by atoms with E-state index in [0.29, 0.717) is 13.0 Å². The SMILES string of the molecule is CCCN(CC(F)(F)F)C(CN)c1cccc(Br)c1. The third kappa shape index (κ3) is 5.50. The van der Waals surface area contributed by atoms with Gasteiger partial charge in [-0.3, -0.25) is 4.90 Å². The molecule has 0 heterocycles. The first-order chi connectivity index (χ1) is 8.87. The smallest absolute Gasteiger partial charge is 0.329 e. The normalized spacial score (nSPS) is 13.8. The highest BCUT2D eigenvalue weighted by atomic mass is 79.9. The van der Waals surface area contributed by atoms with Crippen molar-refractivity contribution in [3.8, 4) is 0 Å². The van der Waals surface area contributed by atoms with Crippen LogP contribution in [0.4, 0.5) is 13.2 Å². The zero-order valence-corrected chi connectivity index (χ0v) is 12.3. The molecule has 0 radical (unpaired) electrons. The largest absolute Gasteiger partial charge is 0.401 e. The Bertz CT molecular complexity index is 396. The number of alkyl halides is 3. The van der Waals surface area contributed by atoms with E-state index in [9.17, 15) is 13.2 Å². The Balaban J connectivity index is 2.96. The van der Waals surface area contributed by atoms with E-state index < -0.39 is 18.8 Å². The molecule has 0 aromatic heterocycles. The molecule has 2 N–H and O–H groups in total. The van der Waals surface area contributed by atoms with Crippen molar-refractivity contribution < 1.29 is 13.2 Å². The standard InChI is InChI=1S/C13H18BrF3N2/c1-2-6-19(9-13(15,16)17)12(8-18)10-4-3-5-11(14)7-10/h3-5,7,12H,2,6,8-9,18H2,1H3. The summed E-state index contributed by atoms with van der Waals surface area (Å²) >= 11 is 3.33. The Morgan fingerprint density at radius 2 is 2.05 bits per heavy atom. The van der Waals surface area contributed by atoms with Gasteiger partial charge in [0.2, 0.25) is 0 Å². The molecule has 1 unspecified atom stereocenters. The molecular formula is C13H18BrF3N2. The first-order valence-electron chi connectivity index (χ1n) is 6.13. The van der Waals surface area contributed by atoms with Crippen LogP contribution in [0.3, 0.4) is 0 Å². The molecule has 0 amide bonds. The van der Waals surface area contributed by atoms with Crippen molar-refractivity contribution >= 4 is 15.9 Å². The molecule has 19 heavy (non-hydrogen) atoms. The van der Waals surface area contributed by atoms with Gasteiger partial charge in [-0.25, -0.2) is 0 Å². The molecule has 0 fully saturated rings. The average molecular weight is 339 g/mol. The molecule has 1 rings (SSSR count). The maximum Gasteiger partial charge on any atom is 0.401 e. The van der Waals surface area contributed by atoms with E-state index in [-0.39, 0.29) is 6.54 Å². The van der Waals surface area contributed by atoms with Gasteiger partial charge in [-0.05, 0) is 30.7 Å². The van der Waals surface area contributed by atoms with Gasteiger partial charge in [-0.1, -0.05) is 35.0 Å². The van der Waals surface area contributed by atoms with Crippen molar-refractivity contribution in [2.75, 3.05) is 19.6 Å². The Hall–Kier alpha value is -0.590. The second-order valence-electron chi connectivity index (χ2n) is 4.39. The lowest BCUT2D eigenvalue weighted by atomic mass is 10.1. The summed E-state index contributed by atoms with van der Waals surface area (Å²) in [5.74, 6) is 0. The lowest BCUT2D eigenvalue weighted by Gasteiger charge is -2.31. The number of benzene rings is 1. The van der Waals surface area contributed by atoms with Gasteiger partial charge < -0.3 is 5.73 Å². The van der Waals surface area contributed by atoms with E-state index >= 15 is 0 Å². The first kappa shape index (κ1) is 16.5. The van der Waals surface area contributed by atoms with Crippen LogP contribution in [0.15, 0.2) is 28.7 Å². The van der Waals surface area contributed by atoms with Gasteiger partial charge in [0.1, 0.15) is 0 Å². The second kappa shape index (κ2) is 7.26. The number of halogens is 4. The van der Waals surface area contributed by atoms with Crippen LogP contribution in [-0.4, -0.2) is 30.7 Å². The molecule has 1 aromatic carbocycles. The van der Waals surface area contributed by atoms with E-state index in [4.69, 9.17) is 5.73 Å². The molecular weight excluding hydrogens is 321 g/mol. The van der Waals surface area contributed by atoms with Crippen LogP contribution in [0, 0.1) is 0 Å². The van der Waals surface area contributed by atoms with Gasteiger partial charge in [0, 0.05) is 17.1 Å². The van der Waals surface area contributed by atoms with Crippen LogP contribution < -0.4 is 5.73 Å².